The van der Waals surface area contributed by atoms with Gasteiger partial charge in [0, 0.05) is 17.3 Å². The Balaban J connectivity index is 1.56. The number of piperidine rings is 1. The highest BCUT2D eigenvalue weighted by Crippen LogP contribution is 2.38. The van der Waals surface area contributed by atoms with Crippen molar-refractivity contribution >= 4 is 41.3 Å². The minimum Gasteiger partial charge on any atom is -0.447 e. The van der Waals surface area contributed by atoms with Crippen LogP contribution in [-0.4, -0.2) is 53.1 Å². The van der Waals surface area contributed by atoms with Crippen molar-refractivity contribution in [1.82, 2.24) is 16.0 Å². The molecule has 7 nitrogen and oxygen atoms in total. The molecule has 1 aliphatic carbocycles. The zero-order chi connectivity index (χ0) is 20.3. The molecule has 3 fully saturated rings. The molecule has 0 aromatic rings. The van der Waals surface area contributed by atoms with Gasteiger partial charge in [-0.3, -0.25) is 14.9 Å². The third-order valence-corrected chi connectivity index (χ3v) is 7.51. The second-order valence-electron chi connectivity index (χ2n) is 8.17. The maximum absolute atomic E-state index is 13.0. The second kappa shape index (κ2) is 9.67. The molecular formula is C19H30ClN3O4S. The number of amides is 3. The maximum atomic E-state index is 13.0. The Bertz CT molecular complexity index is 606. The molecule has 0 aromatic carbocycles. The molecule has 0 bridgehead atoms. The van der Waals surface area contributed by atoms with Gasteiger partial charge in [0.05, 0.1) is 17.4 Å². The van der Waals surface area contributed by atoms with Gasteiger partial charge in [-0.15, -0.1) is 23.4 Å². The lowest BCUT2D eigenvalue weighted by molar-refractivity contribution is -0.130. The summed E-state index contributed by atoms with van der Waals surface area (Å²) in [6.07, 6.45) is 3.19. The van der Waals surface area contributed by atoms with Crippen LogP contribution in [0.2, 0.25) is 0 Å². The van der Waals surface area contributed by atoms with Crippen molar-refractivity contribution in [3.8, 4) is 0 Å². The van der Waals surface area contributed by atoms with Crippen LogP contribution >= 0.6 is 23.4 Å². The van der Waals surface area contributed by atoms with E-state index in [-0.39, 0.29) is 34.6 Å². The van der Waals surface area contributed by atoms with E-state index in [0.29, 0.717) is 18.4 Å². The van der Waals surface area contributed by atoms with Crippen molar-refractivity contribution in [1.29, 1.82) is 0 Å². The van der Waals surface area contributed by atoms with E-state index < -0.39 is 12.0 Å². The van der Waals surface area contributed by atoms with Gasteiger partial charge in [-0.1, -0.05) is 0 Å². The van der Waals surface area contributed by atoms with E-state index >= 15 is 0 Å². The van der Waals surface area contributed by atoms with Gasteiger partial charge in [0.2, 0.25) is 11.8 Å². The molecule has 158 valence electrons. The van der Waals surface area contributed by atoms with E-state index in [2.05, 4.69) is 16.0 Å². The lowest BCUT2D eigenvalue weighted by Crippen LogP contribution is -2.55. The number of carbonyl (C=O) groups excluding carboxylic acids is 3. The number of fused-ring (bicyclic) bond motifs is 1. The molecular weight excluding hydrogens is 402 g/mol. The Kier molecular flexibility index (Phi) is 7.50. The fraction of sp³-hybridized carbons (Fsp3) is 0.842. The maximum Gasteiger partial charge on any atom is 0.414 e. The van der Waals surface area contributed by atoms with Crippen molar-refractivity contribution < 1.29 is 19.1 Å². The van der Waals surface area contributed by atoms with E-state index in [9.17, 15) is 14.4 Å². The zero-order valence-corrected chi connectivity index (χ0v) is 18.0. The summed E-state index contributed by atoms with van der Waals surface area (Å²) >= 11 is 7.86. The Hall–Kier alpha value is -0.990. The number of alkyl carbamates (subject to hydrolysis) is 1. The third kappa shape index (κ3) is 5.33. The molecule has 2 heterocycles. The van der Waals surface area contributed by atoms with Crippen LogP contribution < -0.4 is 16.0 Å². The van der Waals surface area contributed by atoms with Gasteiger partial charge in [-0.25, -0.2) is 4.79 Å². The number of hydrogen-bond donors (Lipinski definition) is 3. The molecule has 3 amide bonds. The summed E-state index contributed by atoms with van der Waals surface area (Å²) in [7, 11) is 0. The van der Waals surface area contributed by atoms with E-state index in [1.165, 1.54) is 0 Å². The Morgan fingerprint density at radius 3 is 2.64 bits per heavy atom. The molecule has 9 heteroatoms. The SMILES string of the molecule is CC(C)OC(=O)NC(=O)C1CCSC1NC(=O)C1CCNC2CC(Cl)CCC21. The smallest absolute Gasteiger partial charge is 0.414 e. The first kappa shape index (κ1) is 21.7. The predicted octanol–water partition coefficient (Wildman–Crippen LogP) is 2.23. The predicted molar refractivity (Wildman–Crippen MR) is 109 cm³/mol. The van der Waals surface area contributed by atoms with Gasteiger partial charge in [0.1, 0.15) is 0 Å². The number of halogens is 1. The molecule has 2 aliphatic heterocycles. The minimum atomic E-state index is -0.735. The standard InChI is InChI=1S/C19H30ClN3O4S/c1-10(2)27-19(26)23-17(25)14-6-8-28-18(14)22-16(24)13-5-7-21-15-9-11(20)3-4-12(13)15/h10-15,18,21H,3-9H2,1-2H3,(H,22,24)(H,23,25,26). The van der Waals surface area contributed by atoms with Crippen LogP contribution in [0.1, 0.15) is 46.0 Å². The highest BCUT2D eigenvalue weighted by atomic mass is 35.5. The zero-order valence-electron chi connectivity index (χ0n) is 16.4. The number of ether oxygens (including phenoxy) is 1. The van der Waals surface area contributed by atoms with Gasteiger partial charge < -0.3 is 15.4 Å². The van der Waals surface area contributed by atoms with E-state index in [4.69, 9.17) is 16.3 Å². The highest BCUT2D eigenvalue weighted by Gasteiger charge is 2.43. The molecule has 0 spiro atoms. The van der Waals surface area contributed by atoms with Gasteiger partial charge >= 0.3 is 6.09 Å². The lowest BCUT2D eigenvalue weighted by Gasteiger charge is -2.43. The molecule has 6 atom stereocenters. The fourth-order valence-corrected chi connectivity index (χ4v) is 6.16. The van der Waals surface area contributed by atoms with Crippen LogP contribution in [0.4, 0.5) is 4.79 Å². The number of imide groups is 1. The Labute approximate surface area is 175 Å². The molecule has 6 unspecified atom stereocenters. The van der Waals surface area contributed by atoms with Gasteiger partial charge in [0.15, 0.2) is 0 Å². The van der Waals surface area contributed by atoms with Gasteiger partial charge in [-0.2, -0.15) is 0 Å². The third-order valence-electron chi connectivity index (χ3n) is 5.84. The summed E-state index contributed by atoms with van der Waals surface area (Å²) in [5.41, 5.74) is 0. The van der Waals surface area contributed by atoms with Gasteiger partial charge in [-0.05, 0) is 64.2 Å². The van der Waals surface area contributed by atoms with Crippen LogP contribution in [0, 0.1) is 17.8 Å². The summed E-state index contributed by atoms with van der Waals surface area (Å²) in [4.78, 5) is 37.2. The fourth-order valence-electron chi connectivity index (χ4n) is 4.51. The first-order chi connectivity index (χ1) is 13.3. The highest BCUT2D eigenvalue weighted by molar-refractivity contribution is 8.00. The van der Waals surface area contributed by atoms with E-state index in [1.807, 2.05) is 0 Å². The van der Waals surface area contributed by atoms with E-state index in [1.54, 1.807) is 25.6 Å². The first-order valence-electron chi connectivity index (χ1n) is 10.2. The number of alkyl halides is 1. The molecule has 0 aromatic heterocycles. The summed E-state index contributed by atoms with van der Waals surface area (Å²) < 4.78 is 4.98. The van der Waals surface area contributed by atoms with Crippen molar-refractivity contribution in [2.75, 3.05) is 12.3 Å². The monoisotopic (exact) mass is 431 g/mol. The topological polar surface area (TPSA) is 96.5 Å². The molecule has 1 saturated carbocycles. The normalized spacial score (nSPS) is 35.1. The second-order valence-corrected chi connectivity index (χ2v) is 10.0. The van der Waals surface area contributed by atoms with Crippen molar-refractivity contribution in [3.63, 3.8) is 0 Å². The van der Waals surface area contributed by atoms with Crippen molar-refractivity contribution in [2.45, 2.75) is 68.8 Å². The van der Waals surface area contributed by atoms with Crippen LogP contribution in [0.3, 0.4) is 0 Å². The Morgan fingerprint density at radius 2 is 1.89 bits per heavy atom. The van der Waals surface area contributed by atoms with Crippen molar-refractivity contribution in [3.05, 3.63) is 0 Å². The summed E-state index contributed by atoms with van der Waals surface area (Å²) in [5.74, 6) is 0.228. The quantitative estimate of drug-likeness (QED) is 0.590. The van der Waals surface area contributed by atoms with Crippen LogP contribution in [-0.2, 0) is 14.3 Å². The number of nitrogens with one attached hydrogen (secondary N) is 3. The number of hydrogen-bond acceptors (Lipinski definition) is 6. The first-order valence-corrected chi connectivity index (χ1v) is 11.6. The van der Waals surface area contributed by atoms with Crippen molar-refractivity contribution in [2.24, 2.45) is 17.8 Å². The number of rotatable bonds is 4. The van der Waals surface area contributed by atoms with Crippen LogP contribution in [0.15, 0.2) is 0 Å². The summed E-state index contributed by atoms with van der Waals surface area (Å²) in [6, 6.07) is 0.293. The largest absolute Gasteiger partial charge is 0.447 e. The summed E-state index contributed by atoms with van der Waals surface area (Å²) in [6.45, 7) is 4.26. The van der Waals surface area contributed by atoms with Crippen LogP contribution in [0.25, 0.3) is 0 Å². The number of thioether (sulfide) groups is 1. The number of carbonyl (C=O) groups is 3. The molecule has 0 radical (unpaired) electrons. The average Bonchev–Trinajstić information content (AvgIpc) is 3.08. The van der Waals surface area contributed by atoms with Crippen LogP contribution in [0.5, 0.6) is 0 Å². The molecule has 2 saturated heterocycles. The molecule has 28 heavy (non-hydrogen) atoms. The van der Waals surface area contributed by atoms with E-state index in [0.717, 1.165) is 38.0 Å². The molecule has 3 aliphatic rings. The molecule has 3 rings (SSSR count). The minimum absolute atomic E-state index is 0.0199. The average molecular weight is 432 g/mol. The Morgan fingerprint density at radius 1 is 1.11 bits per heavy atom. The summed E-state index contributed by atoms with van der Waals surface area (Å²) in [5, 5.41) is 8.77. The van der Waals surface area contributed by atoms with Gasteiger partial charge in [0.25, 0.3) is 0 Å². The molecule has 3 N–H and O–H groups in total. The lowest BCUT2D eigenvalue weighted by atomic mass is 9.72.